The molecule has 2 atom stereocenters. The van der Waals surface area contributed by atoms with Gasteiger partial charge in [-0.25, -0.2) is 0 Å². The Balaban J connectivity index is 2.26. The topological polar surface area (TPSA) is 52.6 Å². The number of hydrogen-bond donors (Lipinski definition) is 0. The average molecular weight is 228 g/mol. The van der Waals surface area contributed by atoms with Crippen LogP contribution >= 0.6 is 0 Å². The van der Waals surface area contributed by atoms with Crippen LogP contribution in [0.2, 0.25) is 0 Å². The van der Waals surface area contributed by atoms with E-state index in [1.165, 1.54) is 0 Å². The molecule has 0 spiro atoms. The van der Waals surface area contributed by atoms with Gasteiger partial charge in [0.15, 0.2) is 0 Å². The Kier molecular flexibility index (Phi) is 3.94. The molecule has 0 aromatic carbocycles. The molecule has 1 fully saturated rings. The first kappa shape index (κ1) is 13.0. The highest BCUT2D eigenvalue weighted by Crippen LogP contribution is 2.42. The molecule has 4 heteroatoms. The molecule has 1 aliphatic rings. The third-order valence-electron chi connectivity index (χ3n) is 2.36. The van der Waals surface area contributed by atoms with Crippen molar-refractivity contribution in [1.29, 1.82) is 0 Å². The molecule has 0 amide bonds. The molecule has 1 rings (SSSR count). The Labute approximate surface area is 96.3 Å². The van der Waals surface area contributed by atoms with Gasteiger partial charge < -0.3 is 9.47 Å². The molecule has 92 valence electrons. The third-order valence-corrected chi connectivity index (χ3v) is 2.36. The van der Waals surface area contributed by atoms with Crippen LogP contribution in [-0.2, 0) is 19.1 Å². The Bertz CT molecular complexity index is 277. The maximum absolute atomic E-state index is 11.5. The summed E-state index contributed by atoms with van der Waals surface area (Å²) in [5, 5.41) is 0. The summed E-state index contributed by atoms with van der Waals surface area (Å²) in [6, 6.07) is 0. The summed E-state index contributed by atoms with van der Waals surface area (Å²) < 4.78 is 10.1. The maximum Gasteiger partial charge on any atom is 0.309 e. The molecule has 0 bridgehead atoms. The van der Waals surface area contributed by atoms with Gasteiger partial charge in [-0.1, -0.05) is 0 Å². The first-order valence-corrected chi connectivity index (χ1v) is 5.72. The second-order valence-electron chi connectivity index (χ2n) is 5.14. The average Bonchev–Trinajstić information content (AvgIpc) is 2.80. The van der Waals surface area contributed by atoms with E-state index in [1.54, 1.807) is 6.92 Å². The highest BCUT2D eigenvalue weighted by Gasteiger charge is 2.45. The van der Waals surface area contributed by atoms with Crippen LogP contribution in [0.25, 0.3) is 0 Å². The molecule has 0 unspecified atom stereocenters. The van der Waals surface area contributed by atoms with E-state index in [0.29, 0.717) is 13.0 Å². The van der Waals surface area contributed by atoms with Gasteiger partial charge >= 0.3 is 11.9 Å². The van der Waals surface area contributed by atoms with Gasteiger partial charge in [0.1, 0.15) is 5.60 Å². The molecule has 1 saturated carbocycles. The van der Waals surface area contributed by atoms with Gasteiger partial charge in [-0.3, -0.25) is 9.59 Å². The van der Waals surface area contributed by atoms with Crippen molar-refractivity contribution >= 4 is 11.9 Å². The van der Waals surface area contributed by atoms with E-state index >= 15 is 0 Å². The van der Waals surface area contributed by atoms with E-state index in [4.69, 9.17) is 9.47 Å². The van der Waals surface area contributed by atoms with Gasteiger partial charge in [-0.05, 0) is 40.0 Å². The molecule has 0 heterocycles. The summed E-state index contributed by atoms with van der Waals surface area (Å²) in [6.45, 7) is 7.68. The second kappa shape index (κ2) is 4.85. The van der Waals surface area contributed by atoms with Crippen LogP contribution in [0.15, 0.2) is 0 Å². The van der Waals surface area contributed by atoms with Crippen LogP contribution in [0.4, 0.5) is 0 Å². The largest absolute Gasteiger partial charge is 0.466 e. The Morgan fingerprint density at radius 1 is 1.31 bits per heavy atom. The van der Waals surface area contributed by atoms with E-state index in [1.807, 2.05) is 20.8 Å². The quantitative estimate of drug-likeness (QED) is 0.690. The lowest BCUT2D eigenvalue weighted by Gasteiger charge is -2.19. The first-order chi connectivity index (χ1) is 7.33. The third kappa shape index (κ3) is 4.21. The van der Waals surface area contributed by atoms with E-state index in [9.17, 15) is 9.59 Å². The fourth-order valence-electron chi connectivity index (χ4n) is 1.61. The van der Waals surface area contributed by atoms with E-state index in [-0.39, 0.29) is 23.8 Å². The molecule has 16 heavy (non-hydrogen) atoms. The van der Waals surface area contributed by atoms with Crippen molar-refractivity contribution < 1.29 is 19.1 Å². The Morgan fingerprint density at radius 2 is 1.94 bits per heavy atom. The zero-order valence-corrected chi connectivity index (χ0v) is 10.4. The van der Waals surface area contributed by atoms with Gasteiger partial charge in [0.05, 0.1) is 12.5 Å². The number of hydrogen-bond acceptors (Lipinski definition) is 4. The molecule has 0 aliphatic heterocycles. The van der Waals surface area contributed by atoms with Gasteiger partial charge in [0.2, 0.25) is 0 Å². The minimum atomic E-state index is -0.453. The molecule has 0 radical (unpaired) electrons. The van der Waals surface area contributed by atoms with Crippen LogP contribution < -0.4 is 0 Å². The molecule has 0 saturated heterocycles. The Hall–Kier alpha value is -1.06. The van der Waals surface area contributed by atoms with Gasteiger partial charge in [-0.15, -0.1) is 0 Å². The minimum absolute atomic E-state index is 0.0903. The van der Waals surface area contributed by atoms with Crippen molar-refractivity contribution in [3.05, 3.63) is 0 Å². The van der Waals surface area contributed by atoms with Crippen molar-refractivity contribution in [2.45, 2.75) is 46.1 Å². The van der Waals surface area contributed by atoms with Crippen molar-refractivity contribution in [2.24, 2.45) is 11.8 Å². The summed E-state index contributed by atoms with van der Waals surface area (Å²) in [7, 11) is 0. The molecule has 0 aromatic heterocycles. The van der Waals surface area contributed by atoms with Gasteiger partial charge in [0.25, 0.3) is 0 Å². The molecule has 0 aromatic rings. The fraction of sp³-hybridized carbons (Fsp3) is 0.833. The normalized spacial score (nSPS) is 23.8. The number of esters is 2. The van der Waals surface area contributed by atoms with Crippen molar-refractivity contribution in [1.82, 2.24) is 0 Å². The molecular weight excluding hydrogens is 208 g/mol. The number of carbonyl (C=O) groups excluding carboxylic acids is 2. The molecule has 0 N–H and O–H groups in total. The van der Waals surface area contributed by atoms with Crippen molar-refractivity contribution in [3.8, 4) is 0 Å². The number of rotatable bonds is 4. The first-order valence-electron chi connectivity index (χ1n) is 5.72. The van der Waals surface area contributed by atoms with Crippen LogP contribution in [0, 0.1) is 11.8 Å². The van der Waals surface area contributed by atoms with Gasteiger partial charge in [0, 0.05) is 6.42 Å². The predicted molar refractivity (Wildman–Crippen MR) is 58.7 cm³/mol. The zero-order chi connectivity index (χ0) is 12.3. The van der Waals surface area contributed by atoms with E-state index in [2.05, 4.69) is 0 Å². The molecular formula is C12H20O4. The van der Waals surface area contributed by atoms with Gasteiger partial charge in [-0.2, -0.15) is 0 Å². The van der Waals surface area contributed by atoms with E-state index < -0.39 is 5.60 Å². The smallest absolute Gasteiger partial charge is 0.309 e. The lowest BCUT2D eigenvalue weighted by atomic mass is 10.2. The monoisotopic (exact) mass is 228 g/mol. The number of carbonyl (C=O) groups is 2. The van der Waals surface area contributed by atoms with Crippen LogP contribution in [0.5, 0.6) is 0 Å². The fourth-order valence-corrected chi connectivity index (χ4v) is 1.61. The lowest BCUT2D eigenvalue weighted by Crippen LogP contribution is -2.24. The lowest BCUT2D eigenvalue weighted by molar-refractivity contribution is -0.155. The molecule has 1 aliphatic carbocycles. The van der Waals surface area contributed by atoms with Crippen LogP contribution in [0.1, 0.15) is 40.5 Å². The summed E-state index contributed by atoms with van der Waals surface area (Å²) in [6.07, 6.45) is 1.07. The highest BCUT2D eigenvalue weighted by atomic mass is 16.6. The summed E-state index contributed by atoms with van der Waals surface area (Å²) in [5.74, 6) is -0.387. The van der Waals surface area contributed by atoms with Crippen molar-refractivity contribution in [3.63, 3.8) is 0 Å². The SMILES string of the molecule is CCOC(=O)[C@@H]1C[C@H]1CC(=O)OC(C)(C)C. The molecule has 4 nitrogen and oxygen atoms in total. The standard InChI is InChI=1S/C12H20O4/c1-5-15-11(14)9-6-8(9)7-10(13)16-12(2,3)4/h8-9H,5-7H2,1-4H3/t8-,9+/m0/s1. The van der Waals surface area contributed by atoms with Crippen molar-refractivity contribution in [2.75, 3.05) is 6.61 Å². The Morgan fingerprint density at radius 3 is 2.44 bits per heavy atom. The number of ether oxygens (including phenoxy) is 2. The van der Waals surface area contributed by atoms with Crippen LogP contribution in [-0.4, -0.2) is 24.1 Å². The summed E-state index contributed by atoms with van der Waals surface area (Å²) in [5.41, 5.74) is -0.453. The highest BCUT2D eigenvalue weighted by molar-refractivity contribution is 5.78. The van der Waals surface area contributed by atoms with Crippen LogP contribution in [0.3, 0.4) is 0 Å². The van der Waals surface area contributed by atoms with E-state index in [0.717, 1.165) is 6.42 Å². The minimum Gasteiger partial charge on any atom is -0.466 e. The summed E-state index contributed by atoms with van der Waals surface area (Å²) in [4.78, 5) is 22.8. The maximum atomic E-state index is 11.5. The second-order valence-corrected chi connectivity index (χ2v) is 5.14. The predicted octanol–water partition coefficient (Wildman–Crippen LogP) is 1.92. The summed E-state index contributed by atoms with van der Waals surface area (Å²) >= 11 is 0. The zero-order valence-electron chi connectivity index (χ0n) is 10.4.